The number of hydrogen-bond acceptors (Lipinski definition) is 2. The number of aliphatic hydroxyl groups excluding tert-OH is 1. The molecule has 0 spiro atoms. The van der Waals surface area contributed by atoms with Gasteiger partial charge in [-0.2, -0.15) is 11.8 Å². The highest BCUT2D eigenvalue weighted by Gasteiger charge is 2.33. The molecule has 0 aliphatic carbocycles. The van der Waals surface area contributed by atoms with Gasteiger partial charge in [-0.3, -0.25) is 0 Å². The molecular formula is C7H12OS. The van der Waals surface area contributed by atoms with Crippen LogP contribution in [0.3, 0.4) is 0 Å². The first kappa shape index (κ1) is 6.05. The Hall–Kier alpha value is 0.310. The zero-order chi connectivity index (χ0) is 6.27. The number of fused-ring (bicyclic) bond motifs is 2. The average molecular weight is 144 g/mol. The van der Waals surface area contributed by atoms with Gasteiger partial charge in [0.1, 0.15) is 0 Å². The second-order valence-corrected chi connectivity index (χ2v) is 4.69. The van der Waals surface area contributed by atoms with Crippen LogP contribution < -0.4 is 0 Å². The molecule has 0 saturated carbocycles. The van der Waals surface area contributed by atoms with E-state index in [-0.39, 0.29) is 6.10 Å². The van der Waals surface area contributed by atoms with Crippen molar-refractivity contribution in [2.24, 2.45) is 0 Å². The van der Waals surface area contributed by atoms with E-state index in [0.29, 0.717) is 0 Å². The Morgan fingerprint density at radius 1 is 1.11 bits per heavy atom. The second kappa shape index (κ2) is 2.17. The fourth-order valence-corrected chi connectivity index (χ4v) is 3.59. The summed E-state index contributed by atoms with van der Waals surface area (Å²) < 4.78 is 0. The van der Waals surface area contributed by atoms with E-state index in [4.69, 9.17) is 0 Å². The molecule has 1 nitrogen and oxygen atoms in total. The van der Waals surface area contributed by atoms with Crippen molar-refractivity contribution in [2.75, 3.05) is 0 Å². The molecule has 2 rings (SSSR count). The van der Waals surface area contributed by atoms with E-state index in [0.717, 1.165) is 23.3 Å². The summed E-state index contributed by atoms with van der Waals surface area (Å²) in [7, 11) is 0. The quantitative estimate of drug-likeness (QED) is 0.554. The third-order valence-corrected chi connectivity index (χ3v) is 3.89. The second-order valence-electron chi connectivity index (χ2n) is 3.08. The molecule has 9 heavy (non-hydrogen) atoms. The molecule has 2 aliphatic heterocycles. The van der Waals surface area contributed by atoms with Gasteiger partial charge in [0, 0.05) is 10.5 Å². The topological polar surface area (TPSA) is 20.2 Å². The zero-order valence-electron chi connectivity index (χ0n) is 5.42. The normalized spacial score (nSPS) is 49.7. The van der Waals surface area contributed by atoms with Crippen LogP contribution in [0.25, 0.3) is 0 Å². The summed E-state index contributed by atoms with van der Waals surface area (Å²) in [4.78, 5) is 0. The van der Waals surface area contributed by atoms with Crippen molar-refractivity contribution < 1.29 is 5.11 Å². The van der Waals surface area contributed by atoms with E-state index >= 15 is 0 Å². The Bertz CT molecular complexity index is 103. The molecule has 0 aromatic rings. The number of hydrogen-bond donors (Lipinski definition) is 1. The van der Waals surface area contributed by atoms with Gasteiger partial charge in [0.25, 0.3) is 0 Å². The summed E-state index contributed by atoms with van der Waals surface area (Å²) in [6.45, 7) is 0. The van der Waals surface area contributed by atoms with Gasteiger partial charge in [-0.05, 0) is 25.7 Å². The molecule has 2 atom stereocenters. The van der Waals surface area contributed by atoms with Gasteiger partial charge in [-0.1, -0.05) is 0 Å². The van der Waals surface area contributed by atoms with Crippen molar-refractivity contribution in [1.29, 1.82) is 0 Å². The predicted molar refractivity (Wildman–Crippen MR) is 39.6 cm³/mol. The van der Waals surface area contributed by atoms with Gasteiger partial charge in [0.05, 0.1) is 6.10 Å². The van der Waals surface area contributed by atoms with E-state index in [1.54, 1.807) is 0 Å². The Morgan fingerprint density at radius 2 is 1.67 bits per heavy atom. The van der Waals surface area contributed by atoms with Crippen LogP contribution >= 0.6 is 11.8 Å². The molecule has 2 heteroatoms. The summed E-state index contributed by atoms with van der Waals surface area (Å²) >= 11 is 2.10. The van der Waals surface area contributed by atoms with Gasteiger partial charge < -0.3 is 5.11 Å². The van der Waals surface area contributed by atoms with Crippen LogP contribution in [0.15, 0.2) is 0 Å². The lowest BCUT2D eigenvalue weighted by atomic mass is 10.1. The van der Waals surface area contributed by atoms with Crippen LogP contribution in [0.1, 0.15) is 25.7 Å². The number of rotatable bonds is 0. The predicted octanol–water partition coefficient (Wildman–Crippen LogP) is 1.41. The van der Waals surface area contributed by atoms with Crippen molar-refractivity contribution in [3.05, 3.63) is 0 Å². The van der Waals surface area contributed by atoms with Gasteiger partial charge >= 0.3 is 0 Å². The van der Waals surface area contributed by atoms with Crippen molar-refractivity contribution in [3.63, 3.8) is 0 Å². The SMILES string of the molecule is OC1C[C@@H]2CC[C@@H](C1)S2. The highest BCUT2D eigenvalue weighted by molar-refractivity contribution is 8.00. The molecule has 2 fully saturated rings. The summed E-state index contributed by atoms with van der Waals surface area (Å²) in [5, 5.41) is 10.9. The first-order valence-electron chi connectivity index (χ1n) is 3.68. The molecule has 2 saturated heterocycles. The molecule has 0 aromatic heterocycles. The Kier molecular flexibility index (Phi) is 1.46. The van der Waals surface area contributed by atoms with E-state index < -0.39 is 0 Å². The molecule has 2 bridgehead atoms. The molecular weight excluding hydrogens is 132 g/mol. The monoisotopic (exact) mass is 144 g/mol. The standard InChI is InChI=1S/C7H12OS/c8-5-3-6-1-2-7(4-5)9-6/h5-8H,1-4H2/t6-,7-/m0/s1. The number of thioether (sulfide) groups is 1. The van der Waals surface area contributed by atoms with Gasteiger partial charge in [0.2, 0.25) is 0 Å². The van der Waals surface area contributed by atoms with Crippen LogP contribution in [0.5, 0.6) is 0 Å². The first-order chi connectivity index (χ1) is 4.34. The molecule has 2 heterocycles. The highest BCUT2D eigenvalue weighted by Crippen LogP contribution is 2.43. The van der Waals surface area contributed by atoms with Crippen LogP contribution in [-0.4, -0.2) is 21.7 Å². The number of aliphatic hydroxyl groups is 1. The largest absolute Gasteiger partial charge is 0.393 e. The van der Waals surface area contributed by atoms with Gasteiger partial charge in [0.15, 0.2) is 0 Å². The summed E-state index contributed by atoms with van der Waals surface area (Å²) in [5.41, 5.74) is 0. The lowest BCUT2D eigenvalue weighted by Gasteiger charge is -2.22. The van der Waals surface area contributed by atoms with Gasteiger partial charge in [-0.15, -0.1) is 0 Å². The maximum Gasteiger partial charge on any atom is 0.0561 e. The fourth-order valence-electron chi connectivity index (χ4n) is 1.83. The Morgan fingerprint density at radius 3 is 2.22 bits per heavy atom. The molecule has 2 aliphatic rings. The van der Waals surface area contributed by atoms with E-state index in [2.05, 4.69) is 11.8 Å². The van der Waals surface area contributed by atoms with Crippen LogP contribution in [-0.2, 0) is 0 Å². The lowest BCUT2D eigenvalue weighted by molar-refractivity contribution is 0.156. The molecule has 0 aromatic carbocycles. The maximum absolute atomic E-state index is 9.28. The summed E-state index contributed by atoms with van der Waals surface area (Å²) in [5.74, 6) is 0. The minimum absolute atomic E-state index is 0.0312. The minimum Gasteiger partial charge on any atom is -0.393 e. The smallest absolute Gasteiger partial charge is 0.0561 e. The van der Waals surface area contributed by atoms with Crippen LogP contribution in [0.4, 0.5) is 0 Å². The van der Waals surface area contributed by atoms with Crippen molar-refractivity contribution in [2.45, 2.75) is 42.3 Å². The van der Waals surface area contributed by atoms with E-state index in [1.807, 2.05) is 0 Å². The summed E-state index contributed by atoms with van der Waals surface area (Å²) in [6, 6.07) is 0. The third-order valence-electron chi connectivity index (χ3n) is 2.27. The zero-order valence-corrected chi connectivity index (χ0v) is 6.23. The van der Waals surface area contributed by atoms with Crippen molar-refractivity contribution in [1.82, 2.24) is 0 Å². The van der Waals surface area contributed by atoms with E-state index in [1.165, 1.54) is 12.8 Å². The highest BCUT2D eigenvalue weighted by atomic mass is 32.2. The Labute approximate surface area is 59.8 Å². The average Bonchev–Trinajstić information content (AvgIpc) is 2.11. The van der Waals surface area contributed by atoms with Crippen LogP contribution in [0, 0.1) is 0 Å². The molecule has 52 valence electrons. The van der Waals surface area contributed by atoms with Crippen molar-refractivity contribution in [3.8, 4) is 0 Å². The van der Waals surface area contributed by atoms with Gasteiger partial charge in [-0.25, -0.2) is 0 Å². The van der Waals surface area contributed by atoms with E-state index in [9.17, 15) is 5.11 Å². The Balaban J connectivity index is 2.03. The first-order valence-corrected chi connectivity index (χ1v) is 4.62. The minimum atomic E-state index is 0.0312. The molecule has 0 radical (unpaired) electrons. The van der Waals surface area contributed by atoms with Crippen molar-refractivity contribution >= 4 is 11.8 Å². The summed E-state index contributed by atoms with van der Waals surface area (Å²) in [6.07, 6.45) is 4.85. The van der Waals surface area contributed by atoms with Crippen LogP contribution in [0.2, 0.25) is 0 Å². The molecule has 1 N–H and O–H groups in total. The lowest BCUT2D eigenvalue weighted by Crippen LogP contribution is -2.20. The molecule has 0 amide bonds. The fraction of sp³-hybridized carbons (Fsp3) is 1.00. The molecule has 0 unspecified atom stereocenters. The third kappa shape index (κ3) is 1.10. The maximum atomic E-state index is 9.28.